The van der Waals surface area contributed by atoms with E-state index in [1.807, 2.05) is 0 Å². The van der Waals surface area contributed by atoms with Gasteiger partial charge >= 0.3 is 0 Å². The van der Waals surface area contributed by atoms with Gasteiger partial charge in [0.2, 0.25) is 0 Å². The Morgan fingerprint density at radius 3 is 1.20 bits per heavy atom. The zero-order valence-electron chi connectivity index (χ0n) is 2.06. The molecule has 0 N–H and O–H groups in total. The summed E-state index contributed by atoms with van der Waals surface area (Å²) in [5.41, 5.74) is 0. The van der Waals surface area contributed by atoms with Crippen molar-refractivity contribution in [1.29, 1.82) is 0 Å². The first-order valence-electron chi connectivity index (χ1n) is 0.236. The number of rotatable bonds is 0. The van der Waals surface area contributed by atoms with Crippen LogP contribution in [0, 0.1) is 0 Å². The van der Waals surface area contributed by atoms with Gasteiger partial charge in [0, 0.05) is 50.9 Å². The van der Waals surface area contributed by atoms with Gasteiger partial charge in [-0.3, -0.25) is 6.79 Å². The van der Waals surface area contributed by atoms with Crippen LogP contribution >= 0.6 is 0 Å². The van der Waals surface area contributed by atoms with E-state index >= 15 is 0 Å². The predicted molar refractivity (Wildman–Crippen MR) is 6.75 cm³/mol. The van der Waals surface area contributed by atoms with Crippen LogP contribution in [0.15, 0.2) is 0 Å². The Bertz CT molecular complexity index is 11.6. The zero-order chi connectivity index (χ0) is 2.00. The van der Waals surface area contributed by atoms with Gasteiger partial charge in [0.1, 0.15) is 0 Å². The first kappa shape index (κ1) is 34.4. The first-order valence-corrected chi connectivity index (χ1v) is 0.236. The third kappa shape index (κ3) is 36.5. The second kappa shape index (κ2) is 62.7. The fourth-order valence-electron chi connectivity index (χ4n) is 0. The van der Waals surface area contributed by atoms with Crippen LogP contribution in [0.3, 0.4) is 0 Å². The number of hydrogen-bond donors (Lipinski definition) is 0. The molecule has 0 aromatic carbocycles. The quantitative estimate of drug-likeness (QED) is 0.295. The van der Waals surface area contributed by atoms with E-state index in [1.54, 1.807) is 0 Å². The molecule has 0 aliphatic rings. The van der Waals surface area contributed by atoms with Gasteiger partial charge < -0.3 is 4.79 Å². The summed E-state index contributed by atoms with van der Waals surface area (Å²) in [6.07, 6.45) is 0. The van der Waals surface area contributed by atoms with E-state index in [1.165, 1.54) is 0 Å². The average Bonchev–Trinajstić information content (AvgIpc) is 1.00. The summed E-state index contributed by atoms with van der Waals surface area (Å²) in [6, 6.07) is 0. The molecular formula is CHCrFeNiO-. The molecule has 0 unspecified atom stereocenters. The van der Waals surface area contributed by atoms with Crippen LogP contribution in [0.4, 0.5) is 0 Å². The first-order chi connectivity index (χ1) is 1.00. The third-order valence-electron chi connectivity index (χ3n) is 0. The van der Waals surface area contributed by atoms with Gasteiger partial charge in [-0.25, -0.2) is 0 Å². The van der Waals surface area contributed by atoms with Crippen LogP contribution in [-0.2, 0) is 55.7 Å². The Morgan fingerprint density at radius 2 is 1.20 bits per heavy atom. The monoisotopic (exact) mass is 195 g/mol. The largest absolute Gasteiger partial charge is 0.545 e. The van der Waals surface area contributed by atoms with Crippen LogP contribution in [-0.4, -0.2) is 6.79 Å². The van der Waals surface area contributed by atoms with Crippen LogP contribution in [0.5, 0.6) is 0 Å². The Labute approximate surface area is 62.4 Å². The summed E-state index contributed by atoms with van der Waals surface area (Å²) < 4.78 is 0. The summed E-state index contributed by atoms with van der Waals surface area (Å²) in [5, 5.41) is 0. The van der Waals surface area contributed by atoms with Gasteiger partial charge in [0.05, 0.1) is 0 Å². The van der Waals surface area contributed by atoms with Crippen molar-refractivity contribution in [2.45, 2.75) is 0 Å². The Kier molecular flexibility index (Phi) is 432. The van der Waals surface area contributed by atoms with E-state index < -0.39 is 0 Å². The summed E-state index contributed by atoms with van der Waals surface area (Å²) in [5.74, 6) is 0. The molecule has 0 aliphatic carbocycles. The molecule has 0 fully saturated rings. The molecule has 1 nitrogen and oxygen atoms in total. The van der Waals surface area contributed by atoms with E-state index in [2.05, 4.69) is 6.79 Å². The second-order valence-corrected chi connectivity index (χ2v) is 0. The van der Waals surface area contributed by atoms with E-state index in [0.29, 0.717) is 0 Å². The normalized spacial score (nSPS) is 0.800. The van der Waals surface area contributed by atoms with E-state index in [-0.39, 0.29) is 50.9 Å². The fraction of sp³-hybridized carbons (Fsp3) is 0. The smallest absolute Gasteiger partial charge is 0 e. The molecule has 0 saturated carbocycles. The maximum Gasteiger partial charge on any atom is 0 e. The standard InChI is InChI=1S/CHO.Cr.Fe.Ni/c1-2;;;/h1H;;;/q-1;;;. The predicted octanol–water partition coefficient (Wildman–Crippen LogP) is -0.282. The Balaban J connectivity index is -0.00000000167. The minimum Gasteiger partial charge on any atom is -0.545 e. The van der Waals surface area contributed by atoms with Gasteiger partial charge in [-0.1, -0.05) is 0 Å². The zero-order valence-corrected chi connectivity index (χ0v) is 5.43. The maximum absolute atomic E-state index is 7.75. The average molecular weight is 196 g/mol. The molecule has 0 aliphatic heterocycles. The van der Waals surface area contributed by atoms with Crippen molar-refractivity contribution in [3.05, 3.63) is 0 Å². The van der Waals surface area contributed by atoms with E-state index in [4.69, 9.17) is 4.79 Å². The summed E-state index contributed by atoms with van der Waals surface area (Å²) in [7, 11) is 0. The van der Waals surface area contributed by atoms with Crippen molar-refractivity contribution < 1.29 is 55.7 Å². The SMILES string of the molecule is [CH-]=O.[Cr].[Fe].[Ni]. The Morgan fingerprint density at radius 1 is 1.20 bits per heavy atom. The van der Waals surface area contributed by atoms with E-state index in [9.17, 15) is 0 Å². The van der Waals surface area contributed by atoms with Crippen molar-refractivity contribution in [3.63, 3.8) is 0 Å². The molecule has 36 valence electrons. The molecule has 0 amide bonds. The fourth-order valence-corrected chi connectivity index (χ4v) is 0. The molecule has 0 bridgehead atoms. The molecule has 0 aromatic heterocycles. The maximum atomic E-state index is 7.75. The molecule has 0 radical (unpaired) electrons. The van der Waals surface area contributed by atoms with Crippen molar-refractivity contribution in [3.8, 4) is 0 Å². The molecule has 0 rings (SSSR count). The Hall–Kier alpha value is 1.22. The minimum atomic E-state index is 0. The topological polar surface area (TPSA) is 17.1 Å². The summed E-state index contributed by atoms with van der Waals surface area (Å²) >= 11 is 0. The van der Waals surface area contributed by atoms with Crippen LogP contribution in [0.1, 0.15) is 0 Å². The molecule has 0 aromatic rings. The van der Waals surface area contributed by atoms with Crippen molar-refractivity contribution in [1.82, 2.24) is 0 Å². The molecular weight excluding hydrogens is 195 g/mol. The van der Waals surface area contributed by atoms with Gasteiger partial charge in [-0.2, -0.15) is 0 Å². The second-order valence-electron chi connectivity index (χ2n) is 0. The molecule has 5 heavy (non-hydrogen) atoms. The van der Waals surface area contributed by atoms with Crippen LogP contribution in [0.25, 0.3) is 0 Å². The van der Waals surface area contributed by atoms with Gasteiger partial charge in [0.15, 0.2) is 0 Å². The molecule has 0 spiro atoms. The van der Waals surface area contributed by atoms with Crippen LogP contribution < -0.4 is 0 Å². The number of carbonyl (C=O) groups excluding carboxylic acids is 1. The van der Waals surface area contributed by atoms with Crippen molar-refractivity contribution in [2.24, 2.45) is 0 Å². The van der Waals surface area contributed by atoms with Crippen molar-refractivity contribution >= 4 is 6.79 Å². The van der Waals surface area contributed by atoms with E-state index in [0.717, 1.165) is 0 Å². The molecule has 0 saturated heterocycles. The number of hydrogen-bond acceptors (Lipinski definition) is 1. The molecule has 0 heterocycles. The van der Waals surface area contributed by atoms with Gasteiger partial charge in [0.25, 0.3) is 0 Å². The van der Waals surface area contributed by atoms with Crippen molar-refractivity contribution in [2.75, 3.05) is 0 Å². The van der Waals surface area contributed by atoms with Gasteiger partial charge in [-0.05, 0) is 0 Å². The molecule has 0 atom stereocenters. The summed E-state index contributed by atoms with van der Waals surface area (Å²) in [4.78, 5) is 7.75. The van der Waals surface area contributed by atoms with Gasteiger partial charge in [-0.15, -0.1) is 0 Å². The van der Waals surface area contributed by atoms with Crippen LogP contribution in [0.2, 0.25) is 0 Å². The minimum absolute atomic E-state index is 0. The summed E-state index contributed by atoms with van der Waals surface area (Å²) in [6.45, 7) is 3.25. The molecule has 4 heteroatoms. The third-order valence-corrected chi connectivity index (χ3v) is 0.